The molecule has 0 bridgehead atoms. The van der Waals surface area contributed by atoms with Crippen molar-refractivity contribution in [3.63, 3.8) is 0 Å². The Labute approximate surface area is 148 Å². The first kappa shape index (κ1) is 17.9. The van der Waals surface area contributed by atoms with E-state index in [1.54, 1.807) is 7.05 Å². The Morgan fingerprint density at radius 3 is 2.15 bits per heavy atom. The van der Waals surface area contributed by atoms with Crippen LogP contribution in [-0.4, -0.2) is 18.6 Å². The van der Waals surface area contributed by atoms with Crippen LogP contribution in [0.3, 0.4) is 0 Å². The summed E-state index contributed by atoms with van der Waals surface area (Å²) in [5.74, 6) is 0. The summed E-state index contributed by atoms with van der Waals surface area (Å²) in [6.45, 7) is 0.290. The molecule has 0 aliphatic rings. The normalized spacial score (nSPS) is 13.0. The van der Waals surface area contributed by atoms with E-state index in [2.05, 4.69) is 0 Å². The van der Waals surface area contributed by atoms with Gasteiger partial charge in [-0.2, -0.15) is 13.2 Å². The molecule has 1 atom stereocenters. The molecule has 0 amide bonds. The number of fused-ring (bicyclic) bond motifs is 1. The zero-order valence-corrected chi connectivity index (χ0v) is 13.9. The maximum atomic E-state index is 12.8. The van der Waals surface area contributed by atoms with Crippen LogP contribution >= 0.6 is 0 Å². The SMILES string of the molecule is CN(OC=O)C(c1ccc(C(F)(F)F)cc1)c1ccc2ccccc2c1. The van der Waals surface area contributed by atoms with E-state index in [0.717, 1.165) is 28.5 Å². The van der Waals surface area contributed by atoms with Gasteiger partial charge in [0.05, 0.1) is 11.6 Å². The van der Waals surface area contributed by atoms with Gasteiger partial charge in [0.15, 0.2) is 0 Å². The lowest BCUT2D eigenvalue weighted by Crippen LogP contribution is -2.25. The van der Waals surface area contributed by atoms with Gasteiger partial charge in [-0.15, -0.1) is 5.06 Å². The molecule has 3 rings (SSSR count). The molecule has 0 aromatic heterocycles. The minimum absolute atomic E-state index is 0.290. The average Bonchev–Trinajstić information content (AvgIpc) is 2.62. The molecule has 1 unspecified atom stereocenters. The van der Waals surface area contributed by atoms with Gasteiger partial charge in [0, 0.05) is 7.05 Å². The Morgan fingerprint density at radius 1 is 0.923 bits per heavy atom. The molecular weight excluding hydrogens is 343 g/mol. The molecule has 3 aromatic rings. The number of hydroxylamine groups is 2. The van der Waals surface area contributed by atoms with Crippen LogP contribution in [0.1, 0.15) is 22.7 Å². The minimum Gasteiger partial charge on any atom is -0.370 e. The minimum atomic E-state index is -4.40. The molecule has 0 heterocycles. The van der Waals surface area contributed by atoms with E-state index in [-0.39, 0.29) is 6.47 Å². The standard InChI is InChI=1S/C20H16F3NO2/c1-24(26-13-25)19(15-8-10-18(11-9-15)20(21,22)23)17-7-6-14-4-2-3-5-16(14)12-17/h2-13,19H,1H3. The zero-order chi connectivity index (χ0) is 18.7. The van der Waals surface area contributed by atoms with E-state index in [1.807, 2.05) is 42.5 Å². The molecular formula is C20H16F3NO2. The summed E-state index contributed by atoms with van der Waals surface area (Å²) in [7, 11) is 1.56. The fourth-order valence-corrected chi connectivity index (χ4v) is 2.97. The first-order chi connectivity index (χ1) is 12.4. The molecule has 26 heavy (non-hydrogen) atoms. The Kier molecular flexibility index (Phi) is 4.95. The summed E-state index contributed by atoms with van der Waals surface area (Å²) in [4.78, 5) is 15.7. The number of alkyl halides is 3. The molecule has 0 spiro atoms. The van der Waals surface area contributed by atoms with Crippen LogP contribution in [0.4, 0.5) is 13.2 Å². The van der Waals surface area contributed by atoms with Gasteiger partial charge >= 0.3 is 12.6 Å². The molecule has 3 nitrogen and oxygen atoms in total. The number of hydrogen-bond acceptors (Lipinski definition) is 3. The second-order valence-electron chi connectivity index (χ2n) is 5.88. The van der Waals surface area contributed by atoms with Crippen molar-refractivity contribution in [2.75, 3.05) is 7.05 Å². The van der Waals surface area contributed by atoms with Gasteiger partial charge in [0.2, 0.25) is 0 Å². The highest BCUT2D eigenvalue weighted by molar-refractivity contribution is 5.83. The van der Waals surface area contributed by atoms with Crippen molar-refractivity contribution in [1.82, 2.24) is 5.06 Å². The van der Waals surface area contributed by atoms with Gasteiger partial charge in [0.1, 0.15) is 0 Å². The van der Waals surface area contributed by atoms with E-state index in [9.17, 15) is 18.0 Å². The Hall–Kier alpha value is -2.86. The predicted octanol–water partition coefficient (Wildman–Crippen LogP) is 4.97. The van der Waals surface area contributed by atoms with Crippen molar-refractivity contribution in [3.8, 4) is 0 Å². The van der Waals surface area contributed by atoms with E-state index >= 15 is 0 Å². The van der Waals surface area contributed by atoms with Crippen molar-refractivity contribution in [2.24, 2.45) is 0 Å². The van der Waals surface area contributed by atoms with Crippen LogP contribution in [0.2, 0.25) is 0 Å². The summed E-state index contributed by atoms with van der Waals surface area (Å²) >= 11 is 0. The molecule has 0 saturated carbocycles. The quantitative estimate of drug-likeness (QED) is 0.476. The Morgan fingerprint density at radius 2 is 1.54 bits per heavy atom. The smallest absolute Gasteiger partial charge is 0.370 e. The molecule has 134 valence electrons. The highest BCUT2D eigenvalue weighted by Gasteiger charge is 2.31. The number of carbonyl (C=O) groups is 1. The van der Waals surface area contributed by atoms with E-state index < -0.39 is 17.8 Å². The van der Waals surface area contributed by atoms with Gasteiger partial charge in [-0.05, 0) is 40.1 Å². The monoisotopic (exact) mass is 359 g/mol. The molecule has 0 N–H and O–H groups in total. The number of rotatable bonds is 5. The zero-order valence-electron chi connectivity index (χ0n) is 13.9. The lowest BCUT2D eigenvalue weighted by Gasteiger charge is -2.26. The molecule has 0 aliphatic carbocycles. The van der Waals surface area contributed by atoms with Crippen molar-refractivity contribution in [3.05, 3.63) is 83.4 Å². The van der Waals surface area contributed by atoms with E-state index in [0.29, 0.717) is 5.56 Å². The van der Waals surface area contributed by atoms with Crippen molar-refractivity contribution in [1.29, 1.82) is 0 Å². The summed E-state index contributed by atoms with van der Waals surface area (Å²) in [5.41, 5.74) is 0.655. The fourth-order valence-electron chi connectivity index (χ4n) is 2.97. The number of carbonyl (C=O) groups excluding carboxylic acids is 1. The average molecular weight is 359 g/mol. The van der Waals surface area contributed by atoms with Crippen molar-refractivity contribution >= 4 is 17.2 Å². The summed E-state index contributed by atoms with van der Waals surface area (Å²) in [6, 6.07) is 17.8. The first-order valence-electron chi connectivity index (χ1n) is 7.89. The van der Waals surface area contributed by atoms with Crippen LogP contribution in [0, 0.1) is 0 Å². The van der Waals surface area contributed by atoms with E-state index in [1.165, 1.54) is 17.2 Å². The highest BCUT2D eigenvalue weighted by atomic mass is 19.4. The van der Waals surface area contributed by atoms with Crippen LogP contribution < -0.4 is 0 Å². The number of halogens is 3. The van der Waals surface area contributed by atoms with Crippen LogP contribution in [0.25, 0.3) is 10.8 Å². The predicted molar refractivity (Wildman–Crippen MR) is 92.1 cm³/mol. The molecule has 0 radical (unpaired) electrons. The van der Waals surface area contributed by atoms with Crippen LogP contribution in [0.5, 0.6) is 0 Å². The Bertz CT molecular complexity index is 907. The second-order valence-corrected chi connectivity index (χ2v) is 5.88. The number of hydrogen-bond donors (Lipinski definition) is 0. The largest absolute Gasteiger partial charge is 0.416 e. The van der Waals surface area contributed by atoms with Gasteiger partial charge in [-0.3, -0.25) is 4.79 Å². The Balaban J connectivity index is 2.05. The third-order valence-electron chi connectivity index (χ3n) is 4.22. The van der Waals surface area contributed by atoms with Gasteiger partial charge in [0.25, 0.3) is 0 Å². The number of nitrogens with zero attached hydrogens (tertiary/aromatic N) is 1. The maximum absolute atomic E-state index is 12.8. The third kappa shape index (κ3) is 3.70. The topological polar surface area (TPSA) is 29.5 Å². The molecule has 0 saturated heterocycles. The molecule has 0 aliphatic heterocycles. The van der Waals surface area contributed by atoms with Crippen LogP contribution in [-0.2, 0) is 15.8 Å². The molecule has 3 aromatic carbocycles. The summed E-state index contributed by atoms with van der Waals surface area (Å²) in [6.07, 6.45) is -4.40. The maximum Gasteiger partial charge on any atom is 0.416 e. The van der Waals surface area contributed by atoms with Crippen molar-refractivity contribution in [2.45, 2.75) is 12.2 Å². The number of benzene rings is 3. The van der Waals surface area contributed by atoms with Gasteiger partial charge in [-0.1, -0.05) is 48.5 Å². The summed E-state index contributed by atoms with van der Waals surface area (Å²) in [5, 5.41) is 3.35. The first-order valence-corrected chi connectivity index (χ1v) is 7.89. The van der Waals surface area contributed by atoms with Gasteiger partial charge < -0.3 is 4.84 Å². The van der Waals surface area contributed by atoms with E-state index in [4.69, 9.17) is 4.84 Å². The van der Waals surface area contributed by atoms with Crippen molar-refractivity contribution < 1.29 is 22.8 Å². The van der Waals surface area contributed by atoms with Gasteiger partial charge in [-0.25, -0.2) is 0 Å². The second kappa shape index (κ2) is 7.17. The molecule has 6 heteroatoms. The highest BCUT2D eigenvalue weighted by Crippen LogP contribution is 2.33. The molecule has 0 fully saturated rings. The fraction of sp³-hybridized carbons (Fsp3) is 0.150. The summed E-state index contributed by atoms with van der Waals surface area (Å²) < 4.78 is 38.4. The lowest BCUT2D eigenvalue weighted by molar-refractivity contribution is -0.174. The lowest BCUT2D eigenvalue weighted by atomic mass is 9.95. The van der Waals surface area contributed by atoms with Crippen LogP contribution in [0.15, 0.2) is 66.7 Å². The third-order valence-corrected chi connectivity index (χ3v) is 4.22.